The summed E-state index contributed by atoms with van der Waals surface area (Å²) in [6, 6.07) is 6.97. The van der Waals surface area contributed by atoms with Crippen molar-refractivity contribution in [3.63, 3.8) is 0 Å². The number of aliphatic hydroxyl groups excluding tert-OH is 1. The predicted octanol–water partition coefficient (Wildman–Crippen LogP) is 2.57. The van der Waals surface area contributed by atoms with Crippen molar-refractivity contribution in [2.24, 2.45) is 0 Å². The molecule has 0 fully saturated rings. The van der Waals surface area contributed by atoms with Crippen LogP contribution >= 0.6 is 0 Å². The number of hydrogen-bond acceptors (Lipinski definition) is 3. The monoisotopic (exact) mass is 306 g/mol. The maximum absolute atomic E-state index is 12.8. The first kappa shape index (κ1) is 16.0. The molecule has 0 bridgehead atoms. The quantitative estimate of drug-likeness (QED) is 0.795. The summed E-state index contributed by atoms with van der Waals surface area (Å²) in [5.74, 6) is 1.19. The molecule has 2 amide bonds. The van der Waals surface area contributed by atoms with E-state index in [9.17, 15) is 14.3 Å². The fraction of sp³-hybridized carbons (Fsp3) is 0.312. The van der Waals surface area contributed by atoms with Gasteiger partial charge >= 0.3 is 6.03 Å². The molecule has 5 nitrogen and oxygen atoms in total. The number of urea groups is 1. The zero-order valence-corrected chi connectivity index (χ0v) is 12.5. The maximum Gasteiger partial charge on any atom is 0.315 e. The van der Waals surface area contributed by atoms with Gasteiger partial charge in [0.05, 0.1) is 6.10 Å². The predicted molar refractivity (Wildman–Crippen MR) is 79.8 cm³/mol. The molecule has 0 radical (unpaired) electrons. The molecule has 22 heavy (non-hydrogen) atoms. The first-order chi connectivity index (χ1) is 10.5. The molecule has 1 aromatic heterocycles. The minimum absolute atomic E-state index is 0.0425. The molecule has 1 unspecified atom stereocenters. The third-order valence-electron chi connectivity index (χ3n) is 3.29. The van der Waals surface area contributed by atoms with Crippen molar-refractivity contribution in [1.29, 1.82) is 0 Å². The topological polar surface area (TPSA) is 74.5 Å². The summed E-state index contributed by atoms with van der Waals surface area (Å²) in [6.07, 6.45) is -0.885. The molecule has 0 spiro atoms. The second kappa shape index (κ2) is 7.09. The van der Waals surface area contributed by atoms with Gasteiger partial charge in [-0.15, -0.1) is 0 Å². The number of amides is 2. The number of nitrogens with one attached hydrogen (secondary N) is 2. The van der Waals surface area contributed by atoms with Gasteiger partial charge in [0.2, 0.25) is 0 Å². The number of carbonyl (C=O) groups excluding carboxylic acids is 1. The second-order valence-corrected chi connectivity index (χ2v) is 5.07. The molecule has 1 atom stereocenters. The highest BCUT2D eigenvalue weighted by atomic mass is 19.1. The van der Waals surface area contributed by atoms with Crippen LogP contribution in [-0.4, -0.2) is 17.7 Å². The van der Waals surface area contributed by atoms with Gasteiger partial charge in [0.1, 0.15) is 17.3 Å². The highest BCUT2D eigenvalue weighted by molar-refractivity contribution is 5.73. The fourth-order valence-corrected chi connectivity index (χ4v) is 2.09. The Morgan fingerprint density at radius 2 is 1.95 bits per heavy atom. The Morgan fingerprint density at radius 1 is 1.27 bits per heavy atom. The lowest BCUT2D eigenvalue weighted by atomic mass is 10.1. The zero-order chi connectivity index (χ0) is 16.1. The van der Waals surface area contributed by atoms with E-state index in [2.05, 4.69) is 10.6 Å². The molecular weight excluding hydrogens is 287 g/mol. The van der Waals surface area contributed by atoms with Gasteiger partial charge in [-0.1, -0.05) is 12.1 Å². The molecule has 3 N–H and O–H groups in total. The number of aryl methyl sites for hydroxylation is 2. The van der Waals surface area contributed by atoms with Crippen LogP contribution in [0.3, 0.4) is 0 Å². The van der Waals surface area contributed by atoms with Crippen LogP contribution in [0.4, 0.5) is 9.18 Å². The Balaban J connectivity index is 1.77. The molecule has 2 rings (SSSR count). The SMILES string of the molecule is Cc1cc(CNC(=O)NCC(O)c2ccc(F)cc2)c(C)o1. The molecule has 6 heteroatoms. The van der Waals surface area contributed by atoms with E-state index in [1.54, 1.807) is 0 Å². The number of furan rings is 1. The summed E-state index contributed by atoms with van der Waals surface area (Å²) in [5.41, 5.74) is 1.45. The standard InChI is InChI=1S/C16H19FN2O3/c1-10-7-13(11(2)22-10)8-18-16(21)19-9-15(20)12-3-5-14(17)6-4-12/h3-7,15,20H,8-9H2,1-2H3,(H2,18,19,21). The Labute approximate surface area is 128 Å². The summed E-state index contributed by atoms with van der Waals surface area (Å²) < 4.78 is 18.2. The van der Waals surface area contributed by atoms with E-state index in [0.29, 0.717) is 12.1 Å². The Morgan fingerprint density at radius 3 is 2.55 bits per heavy atom. The number of halogens is 1. The molecule has 0 saturated carbocycles. The van der Waals surface area contributed by atoms with Crippen LogP contribution in [0.2, 0.25) is 0 Å². The first-order valence-electron chi connectivity index (χ1n) is 6.97. The average Bonchev–Trinajstić information content (AvgIpc) is 2.81. The van der Waals surface area contributed by atoms with Crippen LogP contribution in [0, 0.1) is 19.7 Å². The maximum atomic E-state index is 12.8. The van der Waals surface area contributed by atoms with Gasteiger partial charge in [-0.2, -0.15) is 0 Å². The van der Waals surface area contributed by atoms with E-state index in [-0.39, 0.29) is 18.4 Å². The minimum atomic E-state index is -0.885. The van der Waals surface area contributed by atoms with Gasteiger partial charge in [-0.05, 0) is 37.6 Å². The summed E-state index contributed by atoms with van der Waals surface area (Å²) in [5, 5.41) is 15.2. The van der Waals surface area contributed by atoms with Crippen molar-refractivity contribution in [3.8, 4) is 0 Å². The third kappa shape index (κ3) is 4.33. The van der Waals surface area contributed by atoms with Crippen molar-refractivity contribution < 1.29 is 18.7 Å². The highest BCUT2D eigenvalue weighted by Gasteiger charge is 2.10. The minimum Gasteiger partial charge on any atom is -0.466 e. The molecule has 118 valence electrons. The molecule has 0 aliphatic rings. The molecule has 1 heterocycles. The van der Waals surface area contributed by atoms with Gasteiger partial charge < -0.3 is 20.2 Å². The van der Waals surface area contributed by atoms with E-state index in [4.69, 9.17) is 4.42 Å². The first-order valence-corrected chi connectivity index (χ1v) is 6.97. The lowest BCUT2D eigenvalue weighted by molar-refractivity contribution is 0.173. The number of benzene rings is 1. The molecule has 1 aromatic carbocycles. The van der Waals surface area contributed by atoms with Crippen molar-refractivity contribution in [2.75, 3.05) is 6.54 Å². The van der Waals surface area contributed by atoms with Crippen molar-refractivity contribution in [2.45, 2.75) is 26.5 Å². The summed E-state index contributed by atoms with van der Waals surface area (Å²) in [6.45, 7) is 4.07. The van der Waals surface area contributed by atoms with Crippen LogP contribution in [0.15, 0.2) is 34.7 Å². The number of aliphatic hydroxyl groups is 1. The van der Waals surface area contributed by atoms with Crippen LogP contribution < -0.4 is 10.6 Å². The van der Waals surface area contributed by atoms with Gasteiger partial charge in [-0.3, -0.25) is 0 Å². The lowest BCUT2D eigenvalue weighted by Gasteiger charge is -2.13. The van der Waals surface area contributed by atoms with Crippen LogP contribution in [0.5, 0.6) is 0 Å². The largest absolute Gasteiger partial charge is 0.466 e. The second-order valence-electron chi connectivity index (χ2n) is 5.07. The Hall–Kier alpha value is -2.34. The molecule has 0 aliphatic carbocycles. The zero-order valence-electron chi connectivity index (χ0n) is 12.5. The number of carbonyl (C=O) groups is 1. The average molecular weight is 306 g/mol. The van der Waals surface area contributed by atoms with E-state index >= 15 is 0 Å². The van der Waals surface area contributed by atoms with Gasteiger partial charge in [0.15, 0.2) is 0 Å². The van der Waals surface area contributed by atoms with E-state index in [1.807, 2.05) is 19.9 Å². The number of rotatable bonds is 5. The Bertz CT molecular complexity index is 637. The van der Waals surface area contributed by atoms with Crippen molar-refractivity contribution in [3.05, 3.63) is 58.8 Å². The molecule has 0 aliphatic heterocycles. The molecular formula is C16H19FN2O3. The van der Waals surface area contributed by atoms with E-state index < -0.39 is 6.10 Å². The lowest BCUT2D eigenvalue weighted by Crippen LogP contribution is -2.37. The van der Waals surface area contributed by atoms with Gasteiger partial charge in [0.25, 0.3) is 0 Å². The summed E-state index contributed by atoms with van der Waals surface area (Å²) in [7, 11) is 0. The highest BCUT2D eigenvalue weighted by Crippen LogP contribution is 2.13. The van der Waals surface area contributed by atoms with Crippen LogP contribution in [0.25, 0.3) is 0 Å². The molecule has 0 saturated heterocycles. The van der Waals surface area contributed by atoms with Crippen LogP contribution in [-0.2, 0) is 6.54 Å². The normalized spacial score (nSPS) is 12.0. The van der Waals surface area contributed by atoms with Gasteiger partial charge in [0, 0.05) is 18.7 Å². The smallest absolute Gasteiger partial charge is 0.315 e. The van der Waals surface area contributed by atoms with E-state index in [1.165, 1.54) is 24.3 Å². The van der Waals surface area contributed by atoms with Gasteiger partial charge in [-0.25, -0.2) is 9.18 Å². The van der Waals surface area contributed by atoms with Crippen molar-refractivity contribution in [1.82, 2.24) is 10.6 Å². The van der Waals surface area contributed by atoms with Crippen LogP contribution in [0.1, 0.15) is 28.8 Å². The number of hydrogen-bond donors (Lipinski definition) is 3. The summed E-state index contributed by atoms with van der Waals surface area (Å²) in [4.78, 5) is 11.7. The van der Waals surface area contributed by atoms with Crippen molar-refractivity contribution >= 4 is 6.03 Å². The third-order valence-corrected chi connectivity index (χ3v) is 3.29. The summed E-state index contributed by atoms with van der Waals surface area (Å²) >= 11 is 0. The van der Waals surface area contributed by atoms with E-state index in [0.717, 1.165) is 17.1 Å². The Kier molecular flexibility index (Phi) is 5.16. The molecule has 2 aromatic rings. The fourth-order valence-electron chi connectivity index (χ4n) is 2.09.